The second kappa shape index (κ2) is 8.56. The molecule has 0 N–H and O–H groups in total. The van der Waals surface area contributed by atoms with Crippen LogP contribution in [-0.2, 0) is 4.74 Å². The second-order valence-electron chi connectivity index (χ2n) is 4.79. The van der Waals surface area contributed by atoms with Gasteiger partial charge in [-0.05, 0) is 54.0 Å². The Hall–Kier alpha value is -0.580. The summed E-state index contributed by atoms with van der Waals surface area (Å²) in [5.41, 5.74) is 0. The average Bonchev–Trinajstić information content (AvgIpc) is 2.45. The van der Waals surface area contributed by atoms with Crippen LogP contribution >= 0.6 is 15.9 Å². The summed E-state index contributed by atoms with van der Waals surface area (Å²) in [5.74, 6) is 0.877. The van der Waals surface area contributed by atoms with Crippen molar-refractivity contribution in [2.24, 2.45) is 0 Å². The highest BCUT2D eigenvalue weighted by atomic mass is 79.9. The fraction of sp³-hybridized carbons (Fsp3) is 0.600. The van der Waals surface area contributed by atoms with Gasteiger partial charge in [-0.25, -0.2) is 0 Å². The lowest BCUT2D eigenvalue weighted by molar-refractivity contribution is 0.0749. The van der Waals surface area contributed by atoms with Crippen LogP contribution in [0.1, 0.15) is 19.3 Å². The molecule has 0 unspecified atom stereocenters. The summed E-state index contributed by atoms with van der Waals surface area (Å²) in [6, 6.07) is 7.88. The second-order valence-corrected chi connectivity index (χ2v) is 5.65. The number of rotatable bonds is 7. The van der Waals surface area contributed by atoms with Crippen molar-refractivity contribution in [2.75, 3.05) is 39.5 Å². The SMILES string of the molecule is Brc1ccccc1OCCOCCN1CCCCC1. The Morgan fingerprint density at radius 1 is 1.00 bits per heavy atom. The molecular weight excluding hydrogens is 306 g/mol. The number of halogens is 1. The molecule has 0 atom stereocenters. The van der Waals surface area contributed by atoms with Gasteiger partial charge in [0.1, 0.15) is 12.4 Å². The number of ether oxygens (including phenoxy) is 2. The summed E-state index contributed by atoms with van der Waals surface area (Å²) in [6.07, 6.45) is 4.06. The predicted octanol–water partition coefficient (Wildman–Crippen LogP) is 3.33. The molecule has 1 aromatic rings. The average molecular weight is 328 g/mol. The van der Waals surface area contributed by atoms with Crippen LogP contribution in [-0.4, -0.2) is 44.4 Å². The lowest BCUT2D eigenvalue weighted by Crippen LogP contribution is -2.32. The Morgan fingerprint density at radius 2 is 1.79 bits per heavy atom. The maximum absolute atomic E-state index is 5.64. The van der Waals surface area contributed by atoms with Crippen LogP contribution in [0.3, 0.4) is 0 Å². The van der Waals surface area contributed by atoms with E-state index >= 15 is 0 Å². The molecular formula is C15H22BrNO2. The van der Waals surface area contributed by atoms with Crippen molar-refractivity contribution in [1.82, 2.24) is 4.90 Å². The van der Waals surface area contributed by atoms with Gasteiger partial charge in [0.2, 0.25) is 0 Å². The molecule has 19 heavy (non-hydrogen) atoms. The number of nitrogens with zero attached hydrogens (tertiary/aromatic N) is 1. The molecule has 4 heteroatoms. The Labute approximate surface area is 124 Å². The Balaban J connectivity index is 1.51. The zero-order chi connectivity index (χ0) is 13.3. The van der Waals surface area contributed by atoms with Crippen LogP contribution in [0.2, 0.25) is 0 Å². The van der Waals surface area contributed by atoms with E-state index in [9.17, 15) is 0 Å². The first-order valence-corrected chi connectivity index (χ1v) is 7.83. The van der Waals surface area contributed by atoms with Gasteiger partial charge in [0.05, 0.1) is 17.7 Å². The molecule has 1 aromatic carbocycles. The van der Waals surface area contributed by atoms with Crippen LogP contribution in [0, 0.1) is 0 Å². The molecule has 3 nitrogen and oxygen atoms in total. The summed E-state index contributed by atoms with van der Waals surface area (Å²) in [4.78, 5) is 2.48. The highest BCUT2D eigenvalue weighted by Gasteiger charge is 2.08. The molecule has 0 radical (unpaired) electrons. The predicted molar refractivity (Wildman–Crippen MR) is 80.7 cm³/mol. The van der Waals surface area contributed by atoms with Gasteiger partial charge < -0.3 is 14.4 Å². The van der Waals surface area contributed by atoms with E-state index in [0.717, 1.165) is 23.4 Å². The summed E-state index contributed by atoms with van der Waals surface area (Å²) < 4.78 is 12.2. The molecule has 0 spiro atoms. The van der Waals surface area contributed by atoms with Crippen LogP contribution in [0.4, 0.5) is 0 Å². The van der Waals surface area contributed by atoms with E-state index in [-0.39, 0.29) is 0 Å². The number of piperidine rings is 1. The van der Waals surface area contributed by atoms with Crippen LogP contribution in [0.25, 0.3) is 0 Å². The van der Waals surface area contributed by atoms with Crippen molar-refractivity contribution in [3.63, 3.8) is 0 Å². The number of para-hydroxylation sites is 1. The van der Waals surface area contributed by atoms with Crippen molar-refractivity contribution in [3.8, 4) is 5.75 Å². The lowest BCUT2D eigenvalue weighted by atomic mass is 10.1. The largest absolute Gasteiger partial charge is 0.490 e. The van der Waals surface area contributed by atoms with E-state index in [1.165, 1.54) is 32.4 Å². The van der Waals surface area contributed by atoms with Crippen LogP contribution in [0.5, 0.6) is 5.75 Å². The first-order valence-electron chi connectivity index (χ1n) is 7.04. The highest BCUT2D eigenvalue weighted by molar-refractivity contribution is 9.10. The molecule has 0 aromatic heterocycles. The van der Waals surface area contributed by atoms with Crippen molar-refractivity contribution < 1.29 is 9.47 Å². The van der Waals surface area contributed by atoms with Crippen molar-refractivity contribution in [3.05, 3.63) is 28.7 Å². The first-order chi connectivity index (χ1) is 9.36. The number of hydrogen-bond donors (Lipinski definition) is 0. The Kier molecular flexibility index (Phi) is 6.68. The summed E-state index contributed by atoms with van der Waals surface area (Å²) in [7, 11) is 0. The minimum Gasteiger partial charge on any atom is -0.490 e. The van der Waals surface area contributed by atoms with Crippen molar-refractivity contribution in [2.45, 2.75) is 19.3 Å². The van der Waals surface area contributed by atoms with Gasteiger partial charge in [-0.15, -0.1) is 0 Å². The zero-order valence-electron chi connectivity index (χ0n) is 11.3. The third-order valence-electron chi connectivity index (χ3n) is 3.32. The Morgan fingerprint density at radius 3 is 2.58 bits per heavy atom. The molecule has 1 heterocycles. The fourth-order valence-electron chi connectivity index (χ4n) is 2.25. The summed E-state index contributed by atoms with van der Waals surface area (Å²) in [5, 5.41) is 0. The van der Waals surface area contributed by atoms with E-state index in [2.05, 4.69) is 20.8 Å². The first kappa shape index (κ1) is 14.8. The summed E-state index contributed by atoms with van der Waals surface area (Å²) in [6.45, 7) is 5.57. The van der Waals surface area contributed by atoms with Crippen molar-refractivity contribution >= 4 is 15.9 Å². The fourth-order valence-corrected chi connectivity index (χ4v) is 2.65. The van der Waals surface area contributed by atoms with Gasteiger partial charge in [0, 0.05) is 6.54 Å². The van der Waals surface area contributed by atoms with Gasteiger partial charge >= 0.3 is 0 Å². The minimum absolute atomic E-state index is 0.600. The molecule has 1 saturated heterocycles. The van der Waals surface area contributed by atoms with Crippen LogP contribution < -0.4 is 4.74 Å². The van der Waals surface area contributed by atoms with E-state index in [4.69, 9.17) is 9.47 Å². The quantitative estimate of drug-likeness (QED) is 0.717. The number of likely N-dealkylation sites (tertiary alicyclic amines) is 1. The smallest absolute Gasteiger partial charge is 0.133 e. The van der Waals surface area contributed by atoms with Gasteiger partial charge in [-0.1, -0.05) is 18.6 Å². The standard InChI is InChI=1S/C15H22BrNO2/c16-14-6-2-3-7-15(14)19-13-12-18-11-10-17-8-4-1-5-9-17/h2-3,6-7H,1,4-5,8-13H2. The zero-order valence-corrected chi connectivity index (χ0v) is 12.9. The number of benzene rings is 1. The highest BCUT2D eigenvalue weighted by Crippen LogP contribution is 2.23. The maximum atomic E-state index is 5.64. The molecule has 0 bridgehead atoms. The topological polar surface area (TPSA) is 21.7 Å². The monoisotopic (exact) mass is 327 g/mol. The van der Waals surface area contributed by atoms with Gasteiger partial charge in [0.15, 0.2) is 0 Å². The lowest BCUT2D eigenvalue weighted by Gasteiger charge is -2.26. The molecule has 106 valence electrons. The van der Waals surface area contributed by atoms with E-state index in [1.807, 2.05) is 24.3 Å². The third kappa shape index (κ3) is 5.51. The van der Waals surface area contributed by atoms with Gasteiger partial charge in [-0.3, -0.25) is 0 Å². The third-order valence-corrected chi connectivity index (χ3v) is 3.98. The van der Waals surface area contributed by atoms with Crippen LogP contribution in [0.15, 0.2) is 28.7 Å². The van der Waals surface area contributed by atoms with Crippen molar-refractivity contribution in [1.29, 1.82) is 0 Å². The number of hydrogen-bond acceptors (Lipinski definition) is 3. The Bertz CT molecular complexity index is 367. The molecule has 1 aliphatic heterocycles. The molecule has 0 saturated carbocycles. The van der Waals surface area contributed by atoms with E-state index in [0.29, 0.717) is 13.2 Å². The maximum Gasteiger partial charge on any atom is 0.133 e. The molecule has 2 rings (SSSR count). The molecule has 0 aliphatic carbocycles. The minimum atomic E-state index is 0.600. The molecule has 0 amide bonds. The molecule has 1 fully saturated rings. The normalized spacial score (nSPS) is 16.5. The summed E-state index contributed by atoms with van der Waals surface area (Å²) >= 11 is 3.46. The van der Waals surface area contributed by atoms with E-state index < -0.39 is 0 Å². The van der Waals surface area contributed by atoms with E-state index in [1.54, 1.807) is 0 Å². The molecule has 1 aliphatic rings. The van der Waals surface area contributed by atoms with Gasteiger partial charge in [-0.2, -0.15) is 0 Å². The van der Waals surface area contributed by atoms with Gasteiger partial charge in [0.25, 0.3) is 0 Å².